The fraction of sp³-hybridized carbons (Fsp3) is 0.600. The number of nitrogens with two attached hydrogens (primary N) is 1. The molecule has 1 fully saturated rings. The minimum Gasteiger partial charge on any atom is -0.444 e. The first-order chi connectivity index (χ1) is 13.9. The van der Waals surface area contributed by atoms with Gasteiger partial charge in [0.25, 0.3) is 0 Å². The Hall–Kier alpha value is -2.49. The third-order valence-electron chi connectivity index (χ3n) is 4.24. The molecule has 1 aromatic rings. The molecule has 0 spiro atoms. The van der Waals surface area contributed by atoms with Gasteiger partial charge in [-0.25, -0.2) is 9.79 Å². The number of hydrogen-bond acceptors (Lipinski definition) is 4. The summed E-state index contributed by atoms with van der Waals surface area (Å²) in [5, 5.41) is 0. The Labute approximate surface area is 174 Å². The van der Waals surface area contributed by atoms with E-state index in [1.165, 1.54) is 0 Å². The molecular weight excluding hydrogens is 401 g/mol. The molecule has 1 heterocycles. The average Bonchev–Trinajstić information content (AvgIpc) is 2.65. The van der Waals surface area contributed by atoms with Gasteiger partial charge in [-0.1, -0.05) is 24.3 Å². The molecule has 30 heavy (non-hydrogen) atoms. The van der Waals surface area contributed by atoms with E-state index < -0.39 is 18.4 Å². The normalized spacial score (nSPS) is 16.0. The number of hydrogen-bond donors (Lipinski definition) is 1. The number of ether oxygens (including phenoxy) is 2. The van der Waals surface area contributed by atoms with E-state index in [-0.39, 0.29) is 12.7 Å². The lowest BCUT2D eigenvalue weighted by molar-refractivity contribution is -0.176. The van der Waals surface area contributed by atoms with E-state index in [0.717, 1.165) is 5.56 Å². The maximum absolute atomic E-state index is 12.1. The number of benzene rings is 1. The number of carbonyl (C=O) groups excluding carboxylic acids is 1. The van der Waals surface area contributed by atoms with Crippen LogP contribution in [0.1, 0.15) is 31.9 Å². The number of halogens is 3. The molecule has 0 aromatic heterocycles. The first-order valence-electron chi connectivity index (χ1n) is 9.68. The standard InChI is InChI=1S/C20H29F3N4O3/c1-19(2,3)30-18(28)27-10-8-26(9-11-27)17(24)25-12-15-4-6-16(7-5-15)13-29-14-20(21,22)23/h4-7H,8-14H2,1-3H3,(H2,24,25). The van der Waals surface area contributed by atoms with E-state index in [9.17, 15) is 18.0 Å². The Kier molecular flexibility index (Phi) is 7.94. The topological polar surface area (TPSA) is 80.4 Å². The number of carbonyl (C=O) groups is 1. The van der Waals surface area contributed by atoms with E-state index in [2.05, 4.69) is 9.73 Å². The summed E-state index contributed by atoms with van der Waals surface area (Å²) in [5.41, 5.74) is 7.07. The van der Waals surface area contributed by atoms with Gasteiger partial charge in [-0.15, -0.1) is 0 Å². The van der Waals surface area contributed by atoms with Crippen LogP contribution < -0.4 is 5.73 Å². The van der Waals surface area contributed by atoms with Crippen molar-refractivity contribution in [1.29, 1.82) is 0 Å². The molecular formula is C20H29F3N4O3. The SMILES string of the molecule is CC(C)(C)OC(=O)N1CCN(C(N)=NCc2ccc(COCC(F)(F)F)cc2)CC1. The average molecular weight is 430 g/mol. The van der Waals surface area contributed by atoms with Crippen molar-refractivity contribution in [2.24, 2.45) is 10.7 Å². The smallest absolute Gasteiger partial charge is 0.411 e. The largest absolute Gasteiger partial charge is 0.444 e. The van der Waals surface area contributed by atoms with Gasteiger partial charge in [0, 0.05) is 26.2 Å². The predicted molar refractivity (Wildman–Crippen MR) is 107 cm³/mol. The van der Waals surface area contributed by atoms with Gasteiger partial charge < -0.3 is 25.0 Å². The van der Waals surface area contributed by atoms with Crippen molar-refractivity contribution in [3.8, 4) is 0 Å². The molecule has 1 amide bonds. The maximum atomic E-state index is 12.1. The van der Waals surface area contributed by atoms with Gasteiger partial charge in [0.05, 0.1) is 13.2 Å². The molecule has 1 saturated heterocycles. The van der Waals surface area contributed by atoms with Gasteiger partial charge in [-0.05, 0) is 31.9 Å². The molecule has 2 rings (SSSR count). The predicted octanol–water partition coefficient (Wildman–Crippen LogP) is 3.13. The summed E-state index contributed by atoms with van der Waals surface area (Å²) in [5.74, 6) is 0.386. The second-order valence-corrected chi connectivity index (χ2v) is 8.05. The molecule has 0 saturated carbocycles. The molecule has 10 heteroatoms. The summed E-state index contributed by atoms with van der Waals surface area (Å²) >= 11 is 0. The Morgan fingerprint density at radius 2 is 1.57 bits per heavy atom. The van der Waals surface area contributed by atoms with Crippen LogP contribution in [0.3, 0.4) is 0 Å². The van der Waals surface area contributed by atoms with Crippen LogP contribution in [0.5, 0.6) is 0 Å². The molecule has 2 N–H and O–H groups in total. The van der Waals surface area contributed by atoms with Gasteiger partial charge in [-0.3, -0.25) is 0 Å². The van der Waals surface area contributed by atoms with E-state index in [4.69, 9.17) is 10.5 Å². The molecule has 1 aliphatic rings. The molecule has 1 aliphatic heterocycles. The summed E-state index contributed by atoms with van der Waals surface area (Å²) in [6.45, 7) is 6.57. The van der Waals surface area contributed by atoms with Crippen molar-refractivity contribution in [3.63, 3.8) is 0 Å². The lowest BCUT2D eigenvalue weighted by atomic mass is 10.1. The van der Waals surface area contributed by atoms with Gasteiger partial charge in [-0.2, -0.15) is 13.2 Å². The zero-order chi connectivity index (χ0) is 22.4. The number of amides is 1. The van der Waals surface area contributed by atoms with Crippen LogP contribution in [0.15, 0.2) is 29.3 Å². The number of nitrogens with zero attached hydrogens (tertiary/aromatic N) is 3. The number of aliphatic imine (C=N–C) groups is 1. The summed E-state index contributed by atoms with van der Waals surface area (Å²) in [4.78, 5) is 20.0. The summed E-state index contributed by atoms with van der Waals surface area (Å²) in [6, 6.07) is 6.97. The van der Waals surface area contributed by atoms with Crippen LogP contribution in [0.4, 0.5) is 18.0 Å². The van der Waals surface area contributed by atoms with Crippen LogP contribution in [0.25, 0.3) is 0 Å². The molecule has 0 aliphatic carbocycles. The van der Waals surface area contributed by atoms with Crippen molar-refractivity contribution in [3.05, 3.63) is 35.4 Å². The third-order valence-corrected chi connectivity index (χ3v) is 4.24. The highest BCUT2D eigenvalue weighted by molar-refractivity contribution is 5.78. The van der Waals surface area contributed by atoms with Crippen molar-refractivity contribution < 1.29 is 27.4 Å². The minimum atomic E-state index is -4.33. The zero-order valence-electron chi connectivity index (χ0n) is 17.5. The fourth-order valence-electron chi connectivity index (χ4n) is 2.74. The van der Waals surface area contributed by atoms with Gasteiger partial charge in [0.1, 0.15) is 12.2 Å². The van der Waals surface area contributed by atoms with Gasteiger partial charge >= 0.3 is 12.3 Å². The Morgan fingerprint density at radius 1 is 1.03 bits per heavy atom. The van der Waals surface area contributed by atoms with Gasteiger partial charge in [0.2, 0.25) is 0 Å². The van der Waals surface area contributed by atoms with Crippen molar-refractivity contribution >= 4 is 12.1 Å². The molecule has 0 bridgehead atoms. The molecule has 0 radical (unpaired) electrons. The third kappa shape index (κ3) is 8.48. The lowest BCUT2D eigenvalue weighted by Gasteiger charge is -2.36. The summed E-state index contributed by atoms with van der Waals surface area (Å²) in [6.07, 6.45) is -4.66. The number of guanidine groups is 1. The highest BCUT2D eigenvalue weighted by atomic mass is 19.4. The molecule has 168 valence electrons. The van der Waals surface area contributed by atoms with E-state index >= 15 is 0 Å². The van der Waals surface area contributed by atoms with E-state index in [0.29, 0.717) is 44.2 Å². The second kappa shape index (κ2) is 10.0. The second-order valence-electron chi connectivity index (χ2n) is 8.05. The summed E-state index contributed by atoms with van der Waals surface area (Å²) in [7, 11) is 0. The number of alkyl halides is 3. The van der Waals surface area contributed by atoms with Crippen molar-refractivity contribution in [1.82, 2.24) is 9.80 Å². The fourth-order valence-corrected chi connectivity index (χ4v) is 2.74. The Bertz CT molecular complexity index is 722. The first kappa shape index (κ1) is 23.8. The number of piperazine rings is 1. The quantitative estimate of drug-likeness (QED) is 0.574. The Balaban J connectivity index is 1.78. The molecule has 0 atom stereocenters. The van der Waals surface area contributed by atoms with Crippen molar-refractivity contribution in [2.75, 3.05) is 32.8 Å². The Morgan fingerprint density at radius 3 is 2.10 bits per heavy atom. The van der Waals surface area contributed by atoms with Crippen LogP contribution in [0, 0.1) is 0 Å². The molecule has 1 aromatic carbocycles. The maximum Gasteiger partial charge on any atom is 0.411 e. The molecule has 7 nitrogen and oxygen atoms in total. The highest BCUT2D eigenvalue weighted by Crippen LogP contribution is 2.16. The highest BCUT2D eigenvalue weighted by Gasteiger charge is 2.27. The van der Waals surface area contributed by atoms with Crippen LogP contribution in [0.2, 0.25) is 0 Å². The van der Waals surface area contributed by atoms with Crippen LogP contribution >= 0.6 is 0 Å². The molecule has 0 unspecified atom stereocenters. The van der Waals surface area contributed by atoms with Crippen LogP contribution in [-0.2, 0) is 22.6 Å². The lowest BCUT2D eigenvalue weighted by Crippen LogP contribution is -2.53. The van der Waals surface area contributed by atoms with E-state index in [1.807, 2.05) is 25.7 Å². The zero-order valence-corrected chi connectivity index (χ0v) is 17.5. The number of rotatable bonds is 5. The summed E-state index contributed by atoms with van der Waals surface area (Å²) < 4.78 is 46.3. The van der Waals surface area contributed by atoms with Crippen molar-refractivity contribution in [2.45, 2.75) is 45.7 Å². The van der Waals surface area contributed by atoms with Crippen LogP contribution in [-0.4, -0.2) is 66.4 Å². The first-order valence-corrected chi connectivity index (χ1v) is 9.68. The van der Waals surface area contributed by atoms with E-state index in [1.54, 1.807) is 29.2 Å². The minimum absolute atomic E-state index is 0.104. The van der Waals surface area contributed by atoms with Gasteiger partial charge in [0.15, 0.2) is 5.96 Å². The monoisotopic (exact) mass is 430 g/mol.